The molecule has 0 unspecified atom stereocenters. The van der Waals surface area contributed by atoms with Crippen molar-refractivity contribution in [1.29, 1.82) is 0 Å². The molecular formula is C12H22N2O3. The van der Waals surface area contributed by atoms with Crippen molar-refractivity contribution >= 4 is 11.7 Å². The number of likely N-dealkylation sites (N-methyl/N-ethyl adjacent to an activating group) is 1. The number of ketones is 1. The second-order valence-corrected chi connectivity index (χ2v) is 4.37. The van der Waals surface area contributed by atoms with Gasteiger partial charge < -0.3 is 10.0 Å². The number of piperidine rings is 1. The maximum atomic E-state index is 11.9. The van der Waals surface area contributed by atoms with Crippen LogP contribution in [0, 0.1) is 0 Å². The third-order valence-corrected chi connectivity index (χ3v) is 3.11. The molecule has 5 nitrogen and oxygen atoms in total. The predicted molar refractivity (Wildman–Crippen MR) is 64.6 cm³/mol. The summed E-state index contributed by atoms with van der Waals surface area (Å²) < 4.78 is 0. The molecule has 0 bridgehead atoms. The lowest BCUT2D eigenvalue weighted by Gasteiger charge is -2.29. The molecule has 1 heterocycles. The van der Waals surface area contributed by atoms with Crippen molar-refractivity contribution in [2.45, 2.75) is 26.2 Å². The first-order valence-electron chi connectivity index (χ1n) is 6.30. The van der Waals surface area contributed by atoms with Gasteiger partial charge in [0.1, 0.15) is 5.78 Å². The van der Waals surface area contributed by atoms with E-state index in [1.54, 1.807) is 4.90 Å². The monoisotopic (exact) mass is 242 g/mol. The number of carbonyl (C=O) groups is 2. The first-order valence-corrected chi connectivity index (χ1v) is 6.30. The fraction of sp³-hybridized carbons (Fsp3) is 0.833. The Morgan fingerprint density at radius 1 is 1.41 bits per heavy atom. The van der Waals surface area contributed by atoms with Crippen molar-refractivity contribution in [3.63, 3.8) is 0 Å². The van der Waals surface area contributed by atoms with E-state index in [4.69, 9.17) is 5.11 Å². The molecule has 0 aromatic rings. The van der Waals surface area contributed by atoms with Gasteiger partial charge in [-0.2, -0.15) is 0 Å². The highest BCUT2D eigenvalue weighted by molar-refractivity contribution is 5.84. The van der Waals surface area contributed by atoms with Gasteiger partial charge >= 0.3 is 0 Å². The molecule has 1 fully saturated rings. The SMILES string of the molecule is CCN(CCCO)CC(=O)N1CCC(=O)CC1. The number of carbonyl (C=O) groups excluding carboxylic acids is 2. The Hall–Kier alpha value is -0.940. The standard InChI is InChI=1S/C12H22N2O3/c1-2-13(6-3-9-15)10-12(17)14-7-4-11(16)5-8-14/h15H,2-10H2,1H3. The summed E-state index contributed by atoms with van der Waals surface area (Å²) in [5.74, 6) is 0.346. The summed E-state index contributed by atoms with van der Waals surface area (Å²) in [6, 6.07) is 0. The molecule has 0 radical (unpaired) electrons. The molecule has 1 saturated heterocycles. The smallest absolute Gasteiger partial charge is 0.236 e. The number of aliphatic hydroxyl groups excluding tert-OH is 1. The molecule has 0 aromatic heterocycles. The zero-order chi connectivity index (χ0) is 12.7. The van der Waals surface area contributed by atoms with Gasteiger partial charge in [-0.05, 0) is 13.0 Å². The van der Waals surface area contributed by atoms with Gasteiger partial charge in [0.05, 0.1) is 6.54 Å². The van der Waals surface area contributed by atoms with Crippen molar-refractivity contribution in [2.75, 3.05) is 39.3 Å². The largest absolute Gasteiger partial charge is 0.396 e. The van der Waals surface area contributed by atoms with Gasteiger partial charge in [-0.25, -0.2) is 0 Å². The molecule has 5 heteroatoms. The molecule has 0 spiro atoms. The lowest BCUT2D eigenvalue weighted by Crippen LogP contribution is -2.44. The van der Waals surface area contributed by atoms with Crippen LogP contribution >= 0.6 is 0 Å². The highest BCUT2D eigenvalue weighted by atomic mass is 16.3. The van der Waals surface area contributed by atoms with Crippen molar-refractivity contribution in [1.82, 2.24) is 9.80 Å². The van der Waals surface area contributed by atoms with Crippen molar-refractivity contribution < 1.29 is 14.7 Å². The van der Waals surface area contributed by atoms with Crippen LogP contribution in [-0.2, 0) is 9.59 Å². The van der Waals surface area contributed by atoms with Crippen LogP contribution in [0.1, 0.15) is 26.2 Å². The summed E-state index contributed by atoms with van der Waals surface area (Å²) >= 11 is 0. The third kappa shape index (κ3) is 4.83. The molecule has 1 rings (SSSR count). The van der Waals surface area contributed by atoms with Crippen molar-refractivity contribution in [2.24, 2.45) is 0 Å². The van der Waals surface area contributed by atoms with E-state index in [2.05, 4.69) is 0 Å². The second kappa shape index (κ2) is 7.40. The van der Waals surface area contributed by atoms with Crippen LogP contribution in [0.25, 0.3) is 0 Å². The van der Waals surface area contributed by atoms with Crippen molar-refractivity contribution in [3.8, 4) is 0 Å². The molecular weight excluding hydrogens is 220 g/mol. The van der Waals surface area contributed by atoms with E-state index in [0.717, 1.165) is 13.1 Å². The number of hydrogen-bond donors (Lipinski definition) is 1. The molecule has 0 aromatic carbocycles. The Kier molecular flexibility index (Phi) is 6.15. The van der Waals surface area contributed by atoms with E-state index >= 15 is 0 Å². The van der Waals surface area contributed by atoms with Crippen LogP contribution in [0.4, 0.5) is 0 Å². The van der Waals surface area contributed by atoms with Gasteiger partial charge in [0.25, 0.3) is 0 Å². The maximum absolute atomic E-state index is 11.9. The van der Waals surface area contributed by atoms with Gasteiger partial charge in [0.2, 0.25) is 5.91 Å². The minimum atomic E-state index is 0.0947. The van der Waals surface area contributed by atoms with Crippen LogP contribution in [-0.4, -0.2) is 65.9 Å². The molecule has 17 heavy (non-hydrogen) atoms. The summed E-state index contributed by atoms with van der Waals surface area (Å²) in [6.07, 6.45) is 1.68. The number of nitrogens with zero attached hydrogens (tertiary/aromatic N) is 2. The molecule has 0 atom stereocenters. The summed E-state index contributed by atoms with van der Waals surface area (Å²) in [5.41, 5.74) is 0. The summed E-state index contributed by atoms with van der Waals surface area (Å²) in [5, 5.41) is 8.76. The van der Waals surface area contributed by atoms with Crippen LogP contribution in [0.15, 0.2) is 0 Å². The zero-order valence-corrected chi connectivity index (χ0v) is 10.5. The van der Waals surface area contributed by atoms with E-state index in [-0.39, 0.29) is 18.3 Å². The van der Waals surface area contributed by atoms with E-state index in [9.17, 15) is 9.59 Å². The minimum Gasteiger partial charge on any atom is -0.396 e. The Balaban J connectivity index is 2.33. The lowest BCUT2D eigenvalue weighted by molar-refractivity contribution is -0.135. The molecule has 1 amide bonds. The molecule has 1 aliphatic rings. The van der Waals surface area contributed by atoms with Gasteiger partial charge in [0, 0.05) is 39.1 Å². The topological polar surface area (TPSA) is 60.9 Å². The summed E-state index contributed by atoms with van der Waals surface area (Å²) in [7, 11) is 0. The number of aliphatic hydroxyl groups is 1. The maximum Gasteiger partial charge on any atom is 0.236 e. The van der Waals surface area contributed by atoms with Crippen LogP contribution < -0.4 is 0 Å². The Morgan fingerprint density at radius 2 is 2.06 bits per heavy atom. The number of Topliss-reactive ketones (excluding diaryl/α,β-unsaturated/α-hetero) is 1. The van der Waals surface area contributed by atoms with Crippen LogP contribution in [0.5, 0.6) is 0 Å². The number of hydrogen-bond acceptors (Lipinski definition) is 4. The molecule has 1 aliphatic heterocycles. The van der Waals surface area contributed by atoms with Gasteiger partial charge in [-0.15, -0.1) is 0 Å². The Morgan fingerprint density at radius 3 is 2.59 bits per heavy atom. The van der Waals surface area contributed by atoms with E-state index in [1.165, 1.54) is 0 Å². The van der Waals surface area contributed by atoms with E-state index in [1.807, 2.05) is 11.8 Å². The summed E-state index contributed by atoms with van der Waals surface area (Å²) in [6.45, 7) is 5.23. The van der Waals surface area contributed by atoms with Gasteiger partial charge in [-0.3, -0.25) is 14.5 Å². The fourth-order valence-electron chi connectivity index (χ4n) is 1.94. The quantitative estimate of drug-likeness (QED) is 0.705. The third-order valence-electron chi connectivity index (χ3n) is 3.11. The van der Waals surface area contributed by atoms with Crippen LogP contribution in [0.2, 0.25) is 0 Å². The number of likely N-dealkylation sites (tertiary alicyclic amines) is 1. The Bertz CT molecular complexity index is 258. The first-order chi connectivity index (χ1) is 8.17. The number of rotatable bonds is 6. The van der Waals surface area contributed by atoms with Gasteiger partial charge in [0.15, 0.2) is 0 Å². The normalized spacial score (nSPS) is 16.6. The lowest BCUT2D eigenvalue weighted by atomic mass is 10.1. The molecule has 98 valence electrons. The number of amides is 1. The molecule has 1 N–H and O–H groups in total. The summed E-state index contributed by atoms with van der Waals surface area (Å²) in [4.78, 5) is 26.8. The highest BCUT2D eigenvalue weighted by Gasteiger charge is 2.21. The highest BCUT2D eigenvalue weighted by Crippen LogP contribution is 2.06. The minimum absolute atomic E-state index is 0.0947. The second-order valence-electron chi connectivity index (χ2n) is 4.37. The fourth-order valence-corrected chi connectivity index (χ4v) is 1.94. The van der Waals surface area contributed by atoms with E-state index < -0.39 is 0 Å². The Labute approximate surface area is 102 Å². The van der Waals surface area contributed by atoms with E-state index in [0.29, 0.717) is 38.9 Å². The predicted octanol–water partition coefficient (Wildman–Crippen LogP) is -0.118. The average Bonchev–Trinajstić information content (AvgIpc) is 2.35. The van der Waals surface area contributed by atoms with Crippen molar-refractivity contribution in [3.05, 3.63) is 0 Å². The first kappa shape index (κ1) is 14.1. The zero-order valence-electron chi connectivity index (χ0n) is 10.5. The molecule has 0 saturated carbocycles. The molecule has 0 aliphatic carbocycles. The van der Waals surface area contributed by atoms with Gasteiger partial charge in [-0.1, -0.05) is 6.92 Å². The van der Waals surface area contributed by atoms with Crippen LogP contribution in [0.3, 0.4) is 0 Å². The average molecular weight is 242 g/mol.